The molecule has 2 unspecified atom stereocenters. The van der Waals surface area contributed by atoms with Gasteiger partial charge < -0.3 is 20.5 Å². The molecule has 0 radical (unpaired) electrons. The van der Waals surface area contributed by atoms with Crippen LogP contribution in [0.5, 0.6) is 0 Å². The van der Waals surface area contributed by atoms with Crippen LogP contribution in [0, 0.1) is 5.92 Å². The van der Waals surface area contributed by atoms with Crippen LogP contribution < -0.4 is 10.6 Å². The Kier molecular flexibility index (Phi) is 9.29. The van der Waals surface area contributed by atoms with E-state index in [4.69, 9.17) is 9.84 Å². The standard InChI is InChI=1S/C28H36N2O5/c1-4-5-10-19(15-26(31)30-25(18(2)3)16-27(32)33)29-28(34)35-17-24-22-13-8-6-11-20(22)21-12-7-9-14-23(21)24/h6-9,11-14,18-19,24-25H,4-5,10,15-17H2,1-3H3,(H,29,34)(H,30,31)(H,32,33). The minimum absolute atomic E-state index is 0.0146. The normalized spacial score (nSPS) is 14.1. The van der Waals surface area contributed by atoms with Crippen molar-refractivity contribution in [3.8, 4) is 11.1 Å². The van der Waals surface area contributed by atoms with Crippen molar-refractivity contribution in [2.24, 2.45) is 5.92 Å². The van der Waals surface area contributed by atoms with Crippen molar-refractivity contribution in [2.45, 2.75) is 70.9 Å². The van der Waals surface area contributed by atoms with E-state index in [0.29, 0.717) is 6.42 Å². The second kappa shape index (κ2) is 12.4. The molecule has 3 rings (SSSR count). The number of carboxylic acids is 1. The predicted molar refractivity (Wildman–Crippen MR) is 135 cm³/mol. The fourth-order valence-electron chi connectivity index (χ4n) is 4.61. The number of carbonyl (C=O) groups excluding carboxylic acids is 2. The van der Waals surface area contributed by atoms with E-state index in [-0.39, 0.29) is 43.2 Å². The highest BCUT2D eigenvalue weighted by atomic mass is 16.5. The first-order valence-electron chi connectivity index (χ1n) is 12.4. The minimum Gasteiger partial charge on any atom is -0.481 e. The summed E-state index contributed by atoms with van der Waals surface area (Å²) in [6.45, 7) is 6.00. The lowest BCUT2D eigenvalue weighted by Gasteiger charge is -2.23. The van der Waals surface area contributed by atoms with E-state index in [9.17, 15) is 14.4 Å². The largest absolute Gasteiger partial charge is 0.481 e. The molecule has 2 aromatic rings. The Labute approximate surface area is 207 Å². The maximum atomic E-state index is 12.7. The number of benzene rings is 2. The van der Waals surface area contributed by atoms with Gasteiger partial charge in [0, 0.05) is 24.4 Å². The van der Waals surface area contributed by atoms with Crippen LogP contribution in [0.3, 0.4) is 0 Å². The summed E-state index contributed by atoms with van der Waals surface area (Å²) in [4.78, 5) is 36.5. The van der Waals surface area contributed by atoms with E-state index in [2.05, 4.69) is 34.9 Å². The van der Waals surface area contributed by atoms with Gasteiger partial charge in [0.25, 0.3) is 0 Å². The molecule has 188 valence electrons. The Balaban J connectivity index is 1.60. The average Bonchev–Trinajstić information content (AvgIpc) is 3.14. The van der Waals surface area contributed by atoms with Crippen molar-refractivity contribution >= 4 is 18.0 Å². The van der Waals surface area contributed by atoms with Crippen LogP contribution >= 0.6 is 0 Å². The number of rotatable bonds is 12. The zero-order valence-electron chi connectivity index (χ0n) is 20.8. The molecule has 0 aliphatic heterocycles. The third-order valence-electron chi connectivity index (χ3n) is 6.55. The van der Waals surface area contributed by atoms with Crippen molar-refractivity contribution in [3.63, 3.8) is 0 Å². The second-order valence-corrected chi connectivity index (χ2v) is 9.53. The third kappa shape index (κ3) is 7.07. The summed E-state index contributed by atoms with van der Waals surface area (Å²) in [6, 6.07) is 15.5. The Bertz CT molecular complexity index is 990. The second-order valence-electron chi connectivity index (χ2n) is 9.53. The first-order chi connectivity index (χ1) is 16.8. The van der Waals surface area contributed by atoms with Gasteiger partial charge in [0.15, 0.2) is 0 Å². The quantitative estimate of drug-likeness (QED) is 0.392. The number of amides is 2. The lowest BCUT2D eigenvalue weighted by atomic mass is 9.98. The molecule has 7 nitrogen and oxygen atoms in total. The Morgan fingerprint density at radius 2 is 1.54 bits per heavy atom. The molecule has 2 amide bonds. The van der Waals surface area contributed by atoms with Crippen molar-refractivity contribution in [1.29, 1.82) is 0 Å². The van der Waals surface area contributed by atoms with Crippen LogP contribution in [-0.2, 0) is 14.3 Å². The lowest BCUT2D eigenvalue weighted by molar-refractivity contribution is -0.138. The molecule has 1 aliphatic carbocycles. The fourth-order valence-corrected chi connectivity index (χ4v) is 4.61. The first kappa shape index (κ1) is 26.3. The lowest BCUT2D eigenvalue weighted by Crippen LogP contribution is -2.44. The van der Waals surface area contributed by atoms with Crippen molar-refractivity contribution in [3.05, 3.63) is 59.7 Å². The summed E-state index contributed by atoms with van der Waals surface area (Å²) in [5, 5.41) is 14.8. The van der Waals surface area contributed by atoms with E-state index >= 15 is 0 Å². The molecule has 1 aliphatic rings. The number of hydrogen-bond donors (Lipinski definition) is 3. The summed E-state index contributed by atoms with van der Waals surface area (Å²) in [5.74, 6) is -1.28. The van der Waals surface area contributed by atoms with Crippen LogP contribution in [0.25, 0.3) is 11.1 Å². The maximum Gasteiger partial charge on any atom is 0.407 e. The highest BCUT2D eigenvalue weighted by Crippen LogP contribution is 2.44. The van der Waals surface area contributed by atoms with Gasteiger partial charge in [0.05, 0.1) is 6.42 Å². The molecular weight excluding hydrogens is 444 g/mol. The van der Waals surface area contributed by atoms with Gasteiger partial charge in [-0.3, -0.25) is 9.59 Å². The molecule has 0 saturated heterocycles. The summed E-state index contributed by atoms with van der Waals surface area (Å²) >= 11 is 0. The van der Waals surface area contributed by atoms with Gasteiger partial charge in [0.2, 0.25) is 5.91 Å². The van der Waals surface area contributed by atoms with Crippen LogP contribution in [0.1, 0.15) is 69.9 Å². The number of hydrogen-bond acceptors (Lipinski definition) is 4. The van der Waals surface area contributed by atoms with Crippen LogP contribution in [0.15, 0.2) is 48.5 Å². The monoisotopic (exact) mass is 480 g/mol. The number of carbonyl (C=O) groups is 3. The molecule has 0 bridgehead atoms. The molecule has 0 fully saturated rings. The summed E-state index contributed by atoms with van der Waals surface area (Å²) < 4.78 is 5.64. The van der Waals surface area contributed by atoms with E-state index in [1.807, 2.05) is 45.0 Å². The Hall–Kier alpha value is -3.35. The van der Waals surface area contributed by atoms with Crippen molar-refractivity contribution in [1.82, 2.24) is 10.6 Å². The SMILES string of the molecule is CCCCC(CC(=O)NC(CC(=O)O)C(C)C)NC(=O)OCC1c2ccccc2-c2ccccc21. The molecule has 2 atom stereocenters. The van der Waals surface area contributed by atoms with Crippen molar-refractivity contribution in [2.75, 3.05) is 6.61 Å². The number of fused-ring (bicyclic) bond motifs is 3. The maximum absolute atomic E-state index is 12.7. The number of ether oxygens (including phenoxy) is 1. The topological polar surface area (TPSA) is 105 Å². The van der Waals surface area contributed by atoms with E-state index in [0.717, 1.165) is 35.1 Å². The Morgan fingerprint density at radius 1 is 0.943 bits per heavy atom. The molecule has 0 saturated carbocycles. The minimum atomic E-state index is -0.955. The predicted octanol–water partition coefficient (Wildman–Crippen LogP) is 5.09. The van der Waals surface area contributed by atoms with Crippen LogP contribution in [0.2, 0.25) is 0 Å². The van der Waals surface area contributed by atoms with Gasteiger partial charge in [-0.05, 0) is 34.6 Å². The summed E-state index contributed by atoms with van der Waals surface area (Å²) in [5.41, 5.74) is 4.61. The van der Waals surface area contributed by atoms with E-state index < -0.39 is 18.1 Å². The molecule has 0 spiro atoms. The van der Waals surface area contributed by atoms with Gasteiger partial charge in [-0.25, -0.2) is 4.79 Å². The third-order valence-corrected chi connectivity index (χ3v) is 6.55. The number of unbranched alkanes of at least 4 members (excludes halogenated alkanes) is 1. The van der Waals surface area contributed by atoms with Gasteiger partial charge in [0.1, 0.15) is 6.61 Å². The zero-order valence-corrected chi connectivity index (χ0v) is 20.8. The van der Waals surface area contributed by atoms with Crippen molar-refractivity contribution < 1.29 is 24.2 Å². The molecule has 35 heavy (non-hydrogen) atoms. The van der Waals surface area contributed by atoms with Crippen LogP contribution in [-0.4, -0.2) is 41.8 Å². The number of alkyl carbamates (subject to hydrolysis) is 1. The molecule has 0 aromatic heterocycles. The average molecular weight is 481 g/mol. The Morgan fingerprint density at radius 3 is 2.09 bits per heavy atom. The summed E-state index contributed by atoms with van der Waals surface area (Å²) in [7, 11) is 0. The number of nitrogens with one attached hydrogen (secondary N) is 2. The van der Waals surface area contributed by atoms with Crippen LogP contribution in [0.4, 0.5) is 4.79 Å². The van der Waals surface area contributed by atoms with E-state index in [1.165, 1.54) is 0 Å². The highest BCUT2D eigenvalue weighted by molar-refractivity contribution is 5.80. The molecular formula is C28H36N2O5. The number of aliphatic carboxylic acids is 1. The molecule has 7 heteroatoms. The van der Waals surface area contributed by atoms with E-state index in [1.54, 1.807) is 0 Å². The molecule has 2 aromatic carbocycles. The summed E-state index contributed by atoms with van der Waals surface area (Å²) in [6.07, 6.45) is 1.81. The number of carboxylic acid groups (broad SMARTS) is 1. The fraction of sp³-hybridized carbons (Fsp3) is 0.464. The smallest absolute Gasteiger partial charge is 0.407 e. The van der Waals surface area contributed by atoms with Gasteiger partial charge >= 0.3 is 12.1 Å². The molecule has 0 heterocycles. The first-order valence-corrected chi connectivity index (χ1v) is 12.4. The van der Waals surface area contributed by atoms with Gasteiger partial charge in [-0.2, -0.15) is 0 Å². The van der Waals surface area contributed by atoms with Gasteiger partial charge in [-0.15, -0.1) is 0 Å². The highest BCUT2D eigenvalue weighted by Gasteiger charge is 2.29. The molecule has 3 N–H and O–H groups in total. The zero-order chi connectivity index (χ0) is 25.4. The van der Waals surface area contributed by atoms with Gasteiger partial charge in [-0.1, -0.05) is 82.1 Å².